The number of hydrogen-bond donors (Lipinski definition) is 1. The number of hydrogen-bond acceptors (Lipinski definition) is 3. The Hall–Kier alpha value is -2.08. The first kappa shape index (κ1) is 16.1. The molecule has 0 aromatic heterocycles. The Kier molecular flexibility index (Phi) is 3.71. The number of nitrogens with zero attached hydrogens (tertiary/aromatic N) is 2. The Balaban J connectivity index is 1.20. The van der Waals surface area contributed by atoms with Gasteiger partial charge in [0.05, 0.1) is 19.1 Å². The maximum absolute atomic E-state index is 12.7. The normalized spacial score (nSPS) is 29.6. The van der Waals surface area contributed by atoms with Gasteiger partial charge >= 0.3 is 6.03 Å². The fraction of sp³-hybridized carbons (Fsp3) is 0.600. The summed E-state index contributed by atoms with van der Waals surface area (Å²) in [4.78, 5) is 28.9. The van der Waals surface area contributed by atoms with Crippen LogP contribution < -0.4 is 10.2 Å². The van der Waals surface area contributed by atoms with Gasteiger partial charge in [0.25, 0.3) is 0 Å². The van der Waals surface area contributed by atoms with Crippen molar-refractivity contribution in [1.82, 2.24) is 10.2 Å². The third-order valence-electron chi connectivity index (χ3n) is 6.36. The van der Waals surface area contributed by atoms with Crippen molar-refractivity contribution in [3.05, 3.63) is 29.8 Å². The van der Waals surface area contributed by atoms with Crippen LogP contribution in [0.2, 0.25) is 0 Å². The third-order valence-corrected chi connectivity index (χ3v) is 6.36. The van der Waals surface area contributed by atoms with Crippen LogP contribution in [-0.2, 0) is 16.0 Å². The lowest BCUT2D eigenvalue weighted by molar-refractivity contribution is -0.147. The molecule has 26 heavy (non-hydrogen) atoms. The zero-order chi connectivity index (χ0) is 17.7. The van der Waals surface area contributed by atoms with Crippen molar-refractivity contribution >= 4 is 17.6 Å². The van der Waals surface area contributed by atoms with E-state index in [0.29, 0.717) is 19.0 Å². The van der Waals surface area contributed by atoms with E-state index in [-0.39, 0.29) is 30.1 Å². The van der Waals surface area contributed by atoms with Crippen LogP contribution in [0, 0.1) is 5.92 Å². The number of anilines is 1. The second-order valence-electron chi connectivity index (χ2n) is 8.01. The molecule has 3 amide bonds. The molecule has 2 saturated heterocycles. The number of ether oxygens (including phenoxy) is 1. The largest absolute Gasteiger partial charge is 0.371 e. The number of fused-ring (bicyclic) bond motifs is 1. The summed E-state index contributed by atoms with van der Waals surface area (Å²) in [5, 5.41) is 2.85. The molecular formula is C20H25N3O3. The van der Waals surface area contributed by atoms with Gasteiger partial charge in [-0.15, -0.1) is 0 Å². The minimum atomic E-state index is -0.121. The van der Waals surface area contributed by atoms with Crippen molar-refractivity contribution in [2.75, 3.05) is 31.1 Å². The lowest BCUT2D eigenvalue weighted by atomic mass is 9.78. The molecule has 0 bridgehead atoms. The maximum atomic E-state index is 12.7. The molecule has 1 saturated carbocycles. The highest BCUT2D eigenvalue weighted by Gasteiger charge is 2.61. The van der Waals surface area contributed by atoms with E-state index in [0.717, 1.165) is 31.6 Å². The van der Waals surface area contributed by atoms with E-state index in [1.807, 2.05) is 23.1 Å². The molecule has 1 spiro atoms. The number of carbonyl (C=O) groups excluding carboxylic acids is 2. The molecule has 6 nitrogen and oxygen atoms in total. The molecule has 6 heteroatoms. The summed E-state index contributed by atoms with van der Waals surface area (Å²) in [5.74, 6) is 0.535. The van der Waals surface area contributed by atoms with E-state index in [2.05, 4.69) is 11.4 Å². The molecule has 0 radical (unpaired) electrons. The first-order valence-corrected chi connectivity index (χ1v) is 9.75. The summed E-state index contributed by atoms with van der Waals surface area (Å²) < 4.78 is 6.02. The Morgan fingerprint density at radius 2 is 2.12 bits per heavy atom. The van der Waals surface area contributed by atoms with Gasteiger partial charge in [-0.1, -0.05) is 18.2 Å². The van der Waals surface area contributed by atoms with Crippen LogP contribution in [0.5, 0.6) is 0 Å². The van der Waals surface area contributed by atoms with Crippen LogP contribution in [-0.4, -0.2) is 54.7 Å². The third kappa shape index (κ3) is 2.50. The fourth-order valence-electron chi connectivity index (χ4n) is 4.97. The summed E-state index contributed by atoms with van der Waals surface area (Å²) in [6.07, 6.45) is 5.39. The molecule has 3 fully saturated rings. The summed E-state index contributed by atoms with van der Waals surface area (Å²) in [6, 6.07) is 8.06. The number of nitrogens with one attached hydrogen (secondary N) is 1. The van der Waals surface area contributed by atoms with Crippen LogP contribution in [0.25, 0.3) is 0 Å². The zero-order valence-electron chi connectivity index (χ0n) is 14.9. The summed E-state index contributed by atoms with van der Waals surface area (Å²) >= 11 is 0. The van der Waals surface area contributed by atoms with Gasteiger partial charge in [-0.3, -0.25) is 4.79 Å². The van der Waals surface area contributed by atoms with Crippen molar-refractivity contribution in [2.45, 2.75) is 43.7 Å². The zero-order valence-corrected chi connectivity index (χ0v) is 14.9. The topological polar surface area (TPSA) is 61.9 Å². The molecule has 3 aliphatic heterocycles. The SMILES string of the molecule is O=C(CNC(=O)N1CC2(CCCO2)C1C1CC1)N1CCc2ccccc21. The number of amides is 3. The number of urea groups is 1. The number of benzene rings is 1. The van der Waals surface area contributed by atoms with Crippen molar-refractivity contribution in [2.24, 2.45) is 5.92 Å². The van der Waals surface area contributed by atoms with E-state index in [1.165, 1.54) is 18.4 Å². The monoisotopic (exact) mass is 355 g/mol. The van der Waals surface area contributed by atoms with Crippen molar-refractivity contribution in [3.63, 3.8) is 0 Å². The van der Waals surface area contributed by atoms with E-state index in [4.69, 9.17) is 4.74 Å². The highest BCUT2D eigenvalue weighted by molar-refractivity contribution is 5.98. The number of likely N-dealkylation sites (tertiary alicyclic amines) is 1. The minimum Gasteiger partial charge on any atom is -0.371 e. The quantitative estimate of drug-likeness (QED) is 0.901. The van der Waals surface area contributed by atoms with Gasteiger partial charge in [-0.05, 0) is 49.7 Å². The van der Waals surface area contributed by atoms with Crippen molar-refractivity contribution < 1.29 is 14.3 Å². The molecule has 3 heterocycles. The van der Waals surface area contributed by atoms with E-state index in [9.17, 15) is 9.59 Å². The lowest BCUT2D eigenvalue weighted by Crippen LogP contribution is -2.73. The van der Waals surface area contributed by atoms with Crippen molar-refractivity contribution in [1.29, 1.82) is 0 Å². The average molecular weight is 355 g/mol. The van der Waals surface area contributed by atoms with E-state index < -0.39 is 0 Å². The molecule has 138 valence electrons. The number of carbonyl (C=O) groups is 2. The first-order chi connectivity index (χ1) is 12.7. The Morgan fingerprint density at radius 1 is 1.27 bits per heavy atom. The van der Waals surface area contributed by atoms with E-state index in [1.54, 1.807) is 4.90 Å². The second-order valence-corrected chi connectivity index (χ2v) is 8.01. The highest BCUT2D eigenvalue weighted by atomic mass is 16.5. The Bertz CT molecular complexity index is 740. The molecule has 2 unspecified atom stereocenters. The first-order valence-electron chi connectivity index (χ1n) is 9.75. The van der Waals surface area contributed by atoms with Crippen LogP contribution in [0.4, 0.5) is 10.5 Å². The smallest absolute Gasteiger partial charge is 0.318 e. The van der Waals surface area contributed by atoms with Crippen LogP contribution in [0.15, 0.2) is 24.3 Å². The molecule has 2 atom stereocenters. The molecule has 4 aliphatic rings. The maximum Gasteiger partial charge on any atom is 0.318 e. The molecule has 1 N–H and O–H groups in total. The standard InChI is InChI=1S/C20H25N3O3/c24-17(22-10-8-14-4-1-2-5-16(14)22)12-21-19(25)23-13-20(9-3-11-26-20)18(23)15-6-7-15/h1-2,4-5,15,18H,3,6-13H2,(H,21,25). The number of rotatable bonds is 3. The Labute approximate surface area is 153 Å². The van der Waals surface area contributed by atoms with Crippen LogP contribution in [0.1, 0.15) is 31.2 Å². The molecule has 1 aromatic rings. The molecular weight excluding hydrogens is 330 g/mol. The predicted octanol–water partition coefficient (Wildman–Crippen LogP) is 1.93. The van der Waals surface area contributed by atoms with Crippen molar-refractivity contribution in [3.8, 4) is 0 Å². The second kappa shape index (κ2) is 5.98. The van der Waals surface area contributed by atoms with Gasteiger partial charge in [0.1, 0.15) is 5.60 Å². The van der Waals surface area contributed by atoms with Crippen LogP contribution >= 0.6 is 0 Å². The highest BCUT2D eigenvalue weighted by Crippen LogP contribution is 2.51. The number of para-hydroxylation sites is 1. The predicted molar refractivity (Wildman–Crippen MR) is 97.0 cm³/mol. The minimum absolute atomic E-state index is 0.0429. The summed E-state index contributed by atoms with van der Waals surface area (Å²) in [7, 11) is 0. The molecule has 5 rings (SSSR count). The molecule has 1 aromatic carbocycles. The van der Waals surface area contributed by atoms with Gasteiger partial charge in [-0.2, -0.15) is 0 Å². The summed E-state index contributed by atoms with van der Waals surface area (Å²) in [5.41, 5.74) is 2.07. The Morgan fingerprint density at radius 3 is 2.88 bits per heavy atom. The summed E-state index contributed by atoms with van der Waals surface area (Å²) in [6.45, 7) is 2.22. The van der Waals surface area contributed by atoms with Gasteiger partial charge in [0.2, 0.25) is 5.91 Å². The lowest BCUT2D eigenvalue weighted by Gasteiger charge is -2.55. The van der Waals surface area contributed by atoms with Gasteiger partial charge < -0.3 is 19.9 Å². The average Bonchev–Trinajstić information content (AvgIpc) is 3.16. The molecule has 1 aliphatic carbocycles. The van der Waals surface area contributed by atoms with E-state index >= 15 is 0 Å². The van der Waals surface area contributed by atoms with Gasteiger partial charge in [0, 0.05) is 18.8 Å². The van der Waals surface area contributed by atoms with Crippen LogP contribution in [0.3, 0.4) is 0 Å². The fourth-order valence-corrected chi connectivity index (χ4v) is 4.97. The van der Waals surface area contributed by atoms with Gasteiger partial charge in [0.15, 0.2) is 0 Å². The van der Waals surface area contributed by atoms with Gasteiger partial charge in [-0.25, -0.2) is 4.79 Å².